The first-order valence-corrected chi connectivity index (χ1v) is 11.2. The molecule has 0 bridgehead atoms. The molecule has 2 heterocycles. The molecule has 0 saturated carbocycles. The van der Waals surface area contributed by atoms with E-state index in [2.05, 4.69) is 10.7 Å². The van der Waals surface area contributed by atoms with Crippen molar-refractivity contribution < 1.29 is 13.2 Å². The molecular weight excluding hydrogens is 435 g/mol. The fourth-order valence-electron chi connectivity index (χ4n) is 3.67. The van der Waals surface area contributed by atoms with Gasteiger partial charge in [-0.1, -0.05) is 23.7 Å². The Kier molecular flexibility index (Phi) is 7.03. The average molecular weight is 459 g/mol. The minimum atomic E-state index is -3.74. The number of carbonyl (C=O) groups is 1. The molecule has 158 valence electrons. The van der Waals surface area contributed by atoms with Gasteiger partial charge in [0.2, 0.25) is 10.0 Å². The Morgan fingerprint density at radius 1 is 1.03 bits per heavy atom. The number of fused-ring (bicyclic) bond motifs is 1. The minimum Gasteiger partial charge on any atom is -0.317 e. The summed E-state index contributed by atoms with van der Waals surface area (Å²) in [7, 11) is -3.74. The van der Waals surface area contributed by atoms with Gasteiger partial charge in [0.05, 0.1) is 18.0 Å². The van der Waals surface area contributed by atoms with Gasteiger partial charge in [0.1, 0.15) is 0 Å². The van der Waals surface area contributed by atoms with Crippen molar-refractivity contribution in [1.29, 1.82) is 0 Å². The number of rotatable bonds is 4. The lowest BCUT2D eigenvalue weighted by Gasteiger charge is -2.37. The van der Waals surface area contributed by atoms with Crippen LogP contribution in [-0.4, -0.2) is 62.4 Å². The van der Waals surface area contributed by atoms with E-state index in [-0.39, 0.29) is 42.3 Å². The van der Waals surface area contributed by atoms with Gasteiger partial charge < -0.3 is 5.32 Å². The lowest BCUT2D eigenvalue weighted by atomic mass is 10.1. The van der Waals surface area contributed by atoms with Crippen LogP contribution in [0.1, 0.15) is 12.8 Å². The maximum atomic E-state index is 13.0. The summed E-state index contributed by atoms with van der Waals surface area (Å²) in [5, 5.41) is 7.13. The van der Waals surface area contributed by atoms with E-state index in [4.69, 9.17) is 11.6 Å². The highest BCUT2D eigenvalue weighted by Gasteiger charge is 2.33. The summed E-state index contributed by atoms with van der Waals surface area (Å²) >= 11 is 5.99. The van der Waals surface area contributed by atoms with E-state index < -0.39 is 10.0 Å². The van der Waals surface area contributed by atoms with Gasteiger partial charge in [0.15, 0.2) is 0 Å². The highest BCUT2D eigenvalue weighted by atomic mass is 35.5. The van der Waals surface area contributed by atoms with Crippen molar-refractivity contribution in [1.82, 2.24) is 20.1 Å². The molecule has 2 aliphatic rings. The van der Waals surface area contributed by atoms with Crippen LogP contribution >= 0.6 is 24.0 Å². The Morgan fingerprint density at radius 2 is 1.72 bits per heavy atom. The molecule has 2 saturated heterocycles. The summed E-state index contributed by atoms with van der Waals surface area (Å²) < 4.78 is 27.3. The molecule has 10 heteroatoms. The second-order valence-corrected chi connectivity index (χ2v) is 9.56. The molecule has 2 aliphatic heterocycles. The molecule has 1 amide bonds. The van der Waals surface area contributed by atoms with E-state index in [0.717, 1.165) is 36.7 Å². The van der Waals surface area contributed by atoms with Crippen molar-refractivity contribution in [3.63, 3.8) is 0 Å². The highest BCUT2D eigenvalue weighted by Crippen LogP contribution is 2.25. The molecule has 2 aromatic rings. The van der Waals surface area contributed by atoms with Gasteiger partial charge in [-0.05, 0) is 61.0 Å². The predicted molar refractivity (Wildman–Crippen MR) is 116 cm³/mol. The van der Waals surface area contributed by atoms with Crippen LogP contribution in [0.2, 0.25) is 5.02 Å². The maximum absolute atomic E-state index is 13.0. The number of hydrazine groups is 1. The summed E-state index contributed by atoms with van der Waals surface area (Å²) in [6.45, 7) is 2.30. The number of piperidine rings is 1. The van der Waals surface area contributed by atoms with Crippen LogP contribution in [0.3, 0.4) is 0 Å². The fourth-order valence-corrected chi connectivity index (χ4v) is 5.27. The van der Waals surface area contributed by atoms with Gasteiger partial charge in [-0.25, -0.2) is 13.8 Å². The van der Waals surface area contributed by atoms with Crippen molar-refractivity contribution in [3.8, 4) is 0 Å². The highest BCUT2D eigenvalue weighted by molar-refractivity contribution is 7.89. The molecule has 4 rings (SSSR count). The largest absolute Gasteiger partial charge is 0.317 e. The number of sulfonamides is 1. The topological polar surface area (TPSA) is 81.8 Å². The number of hydrogen-bond acceptors (Lipinski definition) is 5. The number of carbonyl (C=O) groups excluding carboxylic acids is 1. The summed E-state index contributed by atoms with van der Waals surface area (Å²) in [6, 6.07) is 10.5. The van der Waals surface area contributed by atoms with Crippen LogP contribution < -0.4 is 10.7 Å². The fraction of sp³-hybridized carbons (Fsp3) is 0.421. The molecule has 0 atom stereocenters. The average Bonchev–Trinajstić information content (AvgIpc) is 2.69. The van der Waals surface area contributed by atoms with Crippen LogP contribution in [0, 0.1) is 0 Å². The quantitative estimate of drug-likeness (QED) is 0.731. The van der Waals surface area contributed by atoms with Crippen molar-refractivity contribution in [2.24, 2.45) is 0 Å². The van der Waals surface area contributed by atoms with Crippen LogP contribution in [0.5, 0.6) is 0 Å². The maximum Gasteiger partial charge on any atom is 0.252 e. The second kappa shape index (κ2) is 9.16. The monoisotopic (exact) mass is 458 g/mol. The number of piperazine rings is 1. The number of hydrogen-bond donors (Lipinski definition) is 2. The van der Waals surface area contributed by atoms with Gasteiger partial charge in [-0.3, -0.25) is 9.80 Å². The molecule has 0 aromatic heterocycles. The smallest absolute Gasteiger partial charge is 0.252 e. The Balaban J connectivity index is 0.00000240. The number of nitrogens with one attached hydrogen (secondary N) is 2. The Morgan fingerprint density at radius 3 is 2.45 bits per heavy atom. The third kappa shape index (κ3) is 4.84. The molecule has 0 aliphatic carbocycles. The normalized spacial score (nSPS) is 19.3. The van der Waals surface area contributed by atoms with Crippen LogP contribution in [0.15, 0.2) is 41.3 Å². The van der Waals surface area contributed by atoms with E-state index in [1.54, 1.807) is 41.4 Å². The van der Waals surface area contributed by atoms with Gasteiger partial charge >= 0.3 is 0 Å². The first kappa shape index (κ1) is 22.3. The predicted octanol–water partition coefficient (Wildman–Crippen LogP) is 2.00. The molecule has 0 radical (unpaired) electrons. The van der Waals surface area contributed by atoms with Gasteiger partial charge in [-0.2, -0.15) is 4.31 Å². The van der Waals surface area contributed by atoms with Crippen molar-refractivity contribution in [2.75, 3.05) is 32.7 Å². The van der Waals surface area contributed by atoms with Crippen LogP contribution in [0.4, 0.5) is 0 Å². The van der Waals surface area contributed by atoms with Crippen molar-refractivity contribution in [3.05, 3.63) is 41.4 Å². The van der Waals surface area contributed by atoms with E-state index in [1.165, 1.54) is 4.31 Å². The zero-order chi connectivity index (χ0) is 19.7. The standard InChI is InChI=1S/C19H23ClN4O3S.ClH/c20-16-3-1-15-12-18(4-2-14(15)11-16)28(26,27)23-9-10-24(19(25)13-23)22-17-5-7-21-8-6-17;/h1-4,11-12,17,21-22H,5-10,13H2;1H. The lowest BCUT2D eigenvalue weighted by molar-refractivity contribution is -0.138. The molecule has 0 spiro atoms. The summed E-state index contributed by atoms with van der Waals surface area (Å²) in [4.78, 5) is 12.7. The van der Waals surface area contributed by atoms with Crippen LogP contribution in [0.25, 0.3) is 10.8 Å². The zero-order valence-corrected chi connectivity index (χ0v) is 18.2. The van der Waals surface area contributed by atoms with Crippen molar-refractivity contribution in [2.45, 2.75) is 23.8 Å². The molecule has 0 unspecified atom stereocenters. The van der Waals surface area contributed by atoms with E-state index in [0.29, 0.717) is 11.6 Å². The van der Waals surface area contributed by atoms with E-state index in [9.17, 15) is 13.2 Å². The Bertz CT molecular complexity index is 996. The summed E-state index contributed by atoms with van der Waals surface area (Å²) in [5.41, 5.74) is 3.26. The van der Waals surface area contributed by atoms with Crippen molar-refractivity contribution >= 4 is 50.7 Å². The second-order valence-electron chi connectivity index (χ2n) is 7.19. The number of nitrogens with zero attached hydrogens (tertiary/aromatic N) is 2. The third-order valence-electron chi connectivity index (χ3n) is 5.27. The SMILES string of the molecule is Cl.O=C1CN(S(=O)(=O)c2ccc3cc(Cl)ccc3c2)CCN1NC1CCNCC1. The van der Waals surface area contributed by atoms with E-state index in [1.807, 2.05) is 0 Å². The first-order valence-electron chi connectivity index (χ1n) is 9.40. The summed E-state index contributed by atoms with van der Waals surface area (Å²) in [5.74, 6) is -0.221. The molecule has 7 nitrogen and oxygen atoms in total. The van der Waals surface area contributed by atoms with E-state index >= 15 is 0 Å². The van der Waals surface area contributed by atoms with Crippen LogP contribution in [-0.2, 0) is 14.8 Å². The third-order valence-corrected chi connectivity index (χ3v) is 7.35. The lowest BCUT2D eigenvalue weighted by Crippen LogP contribution is -2.59. The number of benzene rings is 2. The first-order chi connectivity index (χ1) is 13.4. The number of amides is 1. The zero-order valence-electron chi connectivity index (χ0n) is 15.8. The van der Waals surface area contributed by atoms with Gasteiger partial charge in [-0.15, -0.1) is 12.4 Å². The van der Waals surface area contributed by atoms with Gasteiger partial charge in [0.25, 0.3) is 5.91 Å². The molecule has 2 aromatic carbocycles. The Labute approximate surface area is 181 Å². The molecule has 29 heavy (non-hydrogen) atoms. The molecule has 2 fully saturated rings. The molecule has 2 N–H and O–H groups in total. The Hall–Kier alpha value is -1.42. The minimum absolute atomic E-state index is 0. The number of halogens is 2. The summed E-state index contributed by atoms with van der Waals surface area (Å²) in [6.07, 6.45) is 1.90. The van der Waals surface area contributed by atoms with Gasteiger partial charge in [0, 0.05) is 17.6 Å². The molecular formula is C19H24Cl2N4O3S.